The molecule has 0 heterocycles. The van der Waals surface area contributed by atoms with Gasteiger partial charge in [-0.2, -0.15) is 0 Å². The highest BCUT2D eigenvalue weighted by atomic mass is 19.1. The lowest BCUT2D eigenvalue weighted by atomic mass is 10.1. The number of anilines is 1. The maximum atomic E-state index is 13.1. The highest BCUT2D eigenvalue weighted by Crippen LogP contribution is 2.16. The third-order valence-corrected chi connectivity index (χ3v) is 3.45. The van der Waals surface area contributed by atoms with Gasteiger partial charge in [0.1, 0.15) is 5.82 Å². The number of nitrogens with two attached hydrogens (primary N) is 1. The number of hydrogen-bond donors (Lipinski definition) is 1. The van der Waals surface area contributed by atoms with Gasteiger partial charge in [0.25, 0.3) is 5.91 Å². The molecule has 0 aliphatic rings. The van der Waals surface area contributed by atoms with E-state index >= 15 is 0 Å². The number of rotatable bonds is 6. The lowest BCUT2D eigenvalue weighted by molar-refractivity contribution is -0.118. The van der Waals surface area contributed by atoms with Crippen LogP contribution in [0.5, 0.6) is 0 Å². The molecule has 0 spiro atoms. The summed E-state index contributed by atoms with van der Waals surface area (Å²) in [6, 6.07) is 13.2. The van der Waals surface area contributed by atoms with Crippen molar-refractivity contribution in [2.24, 2.45) is 5.73 Å². The zero-order chi connectivity index (χ0) is 17.5. The Balaban J connectivity index is 2.20. The zero-order valence-corrected chi connectivity index (χ0v) is 13.4. The van der Waals surface area contributed by atoms with E-state index in [0.717, 1.165) is 11.1 Å². The summed E-state index contributed by atoms with van der Waals surface area (Å²) < 4.78 is 13.1. The number of halogens is 1. The van der Waals surface area contributed by atoms with Crippen molar-refractivity contribution in [2.45, 2.75) is 13.3 Å². The SMILES string of the molecule is Cc1cccc(/C=C/C(=O)N(CCC(N)=O)c2ccc(F)cc2)c1. The van der Waals surface area contributed by atoms with E-state index in [1.165, 1.54) is 35.2 Å². The Bertz CT molecular complexity index is 754. The number of primary amides is 1. The van der Waals surface area contributed by atoms with Gasteiger partial charge in [0.2, 0.25) is 5.91 Å². The normalized spacial score (nSPS) is 10.8. The minimum absolute atomic E-state index is 0.0292. The van der Waals surface area contributed by atoms with Crippen LogP contribution in [0.3, 0.4) is 0 Å². The maximum Gasteiger partial charge on any atom is 0.251 e. The van der Waals surface area contributed by atoms with E-state index in [9.17, 15) is 14.0 Å². The average molecular weight is 326 g/mol. The molecule has 24 heavy (non-hydrogen) atoms. The minimum Gasteiger partial charge on any atom is -0.370 e. The second-order valence-electron chi connectivity index (χ2n) is 5.43. The molecular formula is C19H19FN2O2. The van der Waals surface area contributed by atoms with E-state index in [-0.39, 0.29) is 18.9 Å². The second-order valence-corrected chi connectivity index (χ2v) is 5.43. The summed E-state index contributed by atoms with van der Waals surface area (Å²) in [5.41, 5.74) is 7.67. The Labute approximate surface area is 140 Å². The summed E-state index contributed by atoms with van der Waals surface area (Å²) in [6.07, 6.45) is 3.16. The molecule has 4 nitrogen and oxygen atoms in total. The van der Waals surface area contributed by atoms with Crippen molar-refractivity contribution in [3.63, 3.8) is 0 Å². The maximum absolute atomic E-state index is 13.1. The van der Waals surface area contributed by atoms with Crippen LogP contribution < -0.4 is 10.6 Å². The standard InChI is InChI=1S/C19H19FN2O2/c1-14-3-2-4-15(13-14)5-10-19(24)22(12-11-18(21)23)17-8-6-16(20)7-9-17/h2-10,13H,11-12H2,1H3,(H2,21,23)/b10-5+. The summed E-state index contributed by atoms with van der Waals surface area (Å²) in [4.78, 5) is 24.9. The summed E-state index contributed by atoms with van der Waals surface area (Å²) in [6.45, 7) is 2.11. The summed E-state index contributed by atoms with van der Waals surface area (Å²) >= 11 is 0. The average Bonchev–Trinajstić information content (AvgIpc) is 2.54. The van der Waals surface area contributed by atoms with Gasteiger partial charge in [-0.3, -0.25) is 9.59 Å². The van der Waals surface area contributed by atoms with Crippen molar-refractivity contribution in [1.29, 1.82) is 0 Å². The van der Waals surface area contributed by atoms with Crippen molar-refractivity contribution in [2.75, 3.05) is 11.4 Å². The molecule has 0 aliphatic carbocycles. The smallest absolute Gasteiger partial charge is 0.251 e. The van der Waals surface area contributed by atoms with Crippen LogP contribution in [0.4, 0.5) is 10.1 Å². The first-order valence-corrected chi connectivity index (χ1v) is 7.56. The van der Waals surface area contributed by atoms with Crippen LogP contribution in [0.2, 0.25) is 0 Å². The van der Waals surface area contributed by atoms with E-state index in [4.69, 9.17) is 5.73 Å². The molecule has 0 saturated heterocycles. The van der Waals surface area contributed by atoms with Gasteiger partial charge in [0.05, 0.1) is 0 Å². The molecule has 0 aliphatic heterocycles. The predicted molar refractivity (Wildman–Crippen MR) is 92.8 cm³/mol. The Kier molecular flexibility index (Phi) is 5.84. The molecular weight excluding hydrogens is 307 g/mol. The van der Waals surface area contributed by atoms with E-state index < -0.39 is 11.7 Å². The van der Waals surface area contributed by atoms with Gasteiger partial charge in [-0.25, -0.2) is 4.39 Å². The number of benzene rings is 2. The van der Waals surface area contributed by atoms with Gasteiger partial charge in [-0.05, 0) is 42.8 Å². The quantitative estimate of drug-likeness (QED) is 0.829. The lowest BCUT2D eigenvalue weighted by Gasteiger charge is -2.20. The third kappa shape index (κ3) is 5.05. The molecule has 2 aromatic rings. The highest BCUT2D eigenvalue weighted by Gasteiger charge is 2.14. The topological polar surface area (TPSA) is 63.4 Å². The van der Waals surface area contributed by atoms with Crippen LogP contribution in [0, 0.1) is 12.7 Å². The van der Waals surface area contributed by atoms with Gasteiger partial charge < -0.3 is 10.6 Å². The van der Waals surface area contributed by atoms with Crippen LogP contribution in [0.25, 0.3) is 6.08 Å². The van der Waals surface area contributed by atoms with E-state index in [0.29, 0.717) is 5.69 Å². The largest absolute Gasteiger partial charge is 0.370 e. The number of nitrogens with zero attached hydrogens (tertiary/aromatic N) is 1. The summed E-state index contributed by atoms with van der Waals surface area (Å²) in [5.74, 6) is -1.20. The van der Waals surface area contributed by atoms with Gasteiger partial charge >= 0.3 is 0 Å². The third-order valence-electron chi connectivity index (χ3n) is 3.45. The highest BCUT2D eigenvalue weighted by molar-refractivity contribution is 6.04. The van der Waals surface area contributed by atoms with E-state index in [2.05, 4.69) is 0 Å². The molecule has 2 aromatic carbocycles. The van der Waals surface area contributed by atoms with Crippen LogP contribution in [-0.2, 0) is 9.59 Å². The number of amides is 2. The van der Waals surface area contributed by atoms with Crippen molar-refractivity contribution >= 4 is 23.6 Å². The second kappa shape index (κ2) is 8.06. The van der Waals surface area contributed by atoms with Gasteiger partial charge in [0.15, 0.2) is 0 Å². The molecule has 2 rings (SSSR count). The predicted octanol–water partition coefficient (Wildman–Crippen LogP) is 3.06. The molecule has 2 N–H and O–H groups in total. The van der Waals surface area contributed by atoms with Gasteiger partial charge in [-0.15, -0.1) is 0 Å². The number of carbonyl (C=O) groups excluding carboxylic acids is 2. The first kappa shape index (κ1) is 17.4. The number of hydrogen-bond acceptors (Lipinski definition) is 2. The van der Waals surface area contributed by atoms with Crippen molar-refractivity contribution < 1.29 is 14.0 Å². The molecule has 5 heteroatoms. The molecule has 0 fully saturated rings. The molecule has 0 atom stereocenters. The fraction of sp³-hybridized carbons (Fsp3) is 0.158. The van der Waals surface area contributed by atoms with Crippen LogP contribution in [-0.4, -0.2) is 18.4 Å². The van der Waals surface area contributed by atoms with Crippen molar-refractivity contribution in [3.8, 4) is 0 Å². The van der Waals surface area contributed by atoms with E-state index in [1.54, 1.807) is 6.08 Å². The molecule has 0 aromatic heterocycles. The van der Waals surface area contributed by atoms with E-state index in [1.807, 2.05) is 31.2 Å². The first-order valence-electron chi connectivity index (χ1n) is 7.56. The fourth-order valence-electron chi connectivity index (χ4n) is 2.24. The number of carbonyl (C=O) groups is 2. The van der Waals surface area contributed by atoms with Crippen LogP contribution >= 0.6 is 0 Å². The minimum atomic E-state index is -0.502. The molecule has 0 saturated carbocycles. The van der Waals surface area contributed by atoms with Crippen molar-refractivity contribution in [3.05, 3.63) is 71.6 Å². The molecule has 0 unspecified atom stereocenters. The monoisotopic (exact) mass is 326 g/mol. The van der Waals surface area contributed by atoms with Crippen LogP contribution in [0.15, 0.2) is 54.6 Å². The Morgan fingerprint density at radius 2 is 1.88 bits per heavy atom. The van der Waals surface area contributed by atoms with Crippen LogP contribution in [0.1, 0.15) is 17.5 Å². The van der Waals surface area contributed by atoms with Gasteiger partial charge in [-0.1, -0.05) is 29.8 Å². The summed E-state index contributed by atoms with van der Waals surface area (Å²) in [5, 5.41) is 0. The Morgan fingerprint density at radius 1 is 1.17 bits per heavy atom. The molecule has 2 amide bonds. The molecule has 0 radical (unpaired) electrons. The first-order chi connectivity index (χ1) is 11.5. The Morgan fingerprint density at radius 3 is 2.50 bits per heavy atom. The van der Waals surface area contributed by atoms with Gasteiger partial charge in [0, 0.05) is 24.7 Å². The fourth-order valence-corrected chi connectivity index (χ4v) is 2.24. The Hall–Kier alpha value is -2.95. The summed E-state index contributed by atoms with van der Waals surface area (Å²) in [7, 11) is 0. The zero-order valence-electron chi connectivity index (χ0n) is 13.4. The number of aryl methyl sites for hydroxylation is 1. The van der Waals surface area contributed by atoms with Crippen molar-refractivity contribution in [1.82, 2.24) is 0 Å². The lowest BCUT2D eigenvalue weighted by Crippen LogP contribution is -2.32. The molecule has 0 bridgehead atoms. The molecule has 124 valence electrons.